The second kappa shape index (κ2) is 9.86. The maximum absolute atomic E-state index is 6.01. The van der Waals surface area contributed by atoms with Gasteiger partial charge in [-0.3, -0.25) is 4.90 Å². The Hall–Kier alpha value is -0.120. The quantitative estimate of drug-likeness (QED) is 0.637. The molecule has 0 aromatic carbocycles. The fraction of sp³-hybridized carbons (Fsp3) is 1.00. The zero-order valence-corrected chi connectivity index (χ0v) is 12.6. The summed E-state index contributed by atoms with van der Waals surface area (Å²) in [6.07, 6.45) is 3.69. The molecule has 0 aliphatic rings. The van der Waals surface area contributed by atoms with Crippen LogP contribution in [-0.2, 0) is 0 Å². The Balaban J connectivity index is 4.48. The second-order valence-corrected chi connectivity index (χ2v) is 5.22. The van der Waals surface area contributed by atoms with Crippen molar-refractivity contribution in [3.05, 3.63) is 0 Å². The molecule has 0 heterocycles. The van der Waals surface area contributed by atoms with E-state index >= 15 is 0 Å². The van der Waals surface area contributed by atoms with Gasteiger partial charge in [0.1, 0.15) is 0 Å². The van der Waals surface area contributed by atoms with Gasteiger partial charge >= 0.3 is 0 Å². The lowest BCUT2D eigenvalue weighted by Gasteiger charge is -2.36. The summed E-state index contributed by atoms with van der Waals surface area (Å²) in [5.74, 6) is 0.744. The molecular weight excluding hydrogens is 210 g/mol. The molecule has 0 aliphatic heterocycles. The van der Waals surface area contributed by atoms with Gasteiger partial charge in [-0.15, -0.1) is 0 Å². The average molecular weight is 243 g/mol. The fourth-order valence-corrected chi connectivity index (χ4v) is 2.53. The van der Waals surface area contributed by atoms with E-state index in [1.807, 2.05) is 0 Å². The van der Waals surface area contributed by atoms with Gasteiger partial charge in [-0.05, 0) is 33.0 Å². The molecule has 0 aliphatic carbocycles. The van der Waals surface area contributed by atoms with Gasteiger partial charge in [0.25, 0.3) is 0 Å². The molecule has 2 N–H and O–H groups in total. The Bertz CT molecular complexity index is 167. The van der Waals surface area contributed by atoms with Crippen molar-refractivity contribution in [1.29, 1.82) is 0 Å². The maximum atomic E-state index is 6.01. The molecule has 0 radical (unpaired) electrons. The van der Waals surface area contributed by atoms with Crippen LogP contribution in [0, 0.1) is 5.92 Å². The van der Waals surface area contributed by atoms with Crippen LogP contribution in [0.4, 0.5) is 0 Å². The van der Waals surface area contributed by atoms with Crippen LogP contribution in [0.3, 0.4) is 0 Å². The number of hydrogen-bond acceptors (Lipinski definition) is 3. The maximum Gasteiger partial charge on any atom is 0.0246 e. The van der Waals surface area contributed by atoms with E-state index in [4.69, 9.17) is 5.73 Å². The van der Waals surface area contributed by atoms with E-state index in [0.717, 1.165) is 25.6 Å². The first kappa shape index (κ1) is 16.9. The minimum absolute atomic E-state index is 0.560. The Morgan fingerprint density at radius 2 is 1.53 bits per heavy atom. The van der Waals surface area contributed by atoms with E-state index in [1.165, 1.54) is 25.8 Å². The average Bonchev–Trinajstić information content (AvgIpc) is 2.31. The van der Waals surface area contributed by atoms with Crippen LogP contribution in [0.2, 0.25) is 0 Å². The number of rotatable bonds is 10. The van der Waals surface area contributed by atoms with Crippen molar-refractivity contribution in [2.45, 2.75) is 46.1 Å². The molecule has 17 heavy (non-hydrogen) atoms. The van der Waals surface area contributed by atoms with E-state index in [-0.39, 0.29) is 0 Å². The number of nitrogens with zero attached hydrogens (tertiary/aromatic N) is 2. The smallest absolute Gasteiger partial charge is 0.0246 e. The molecule has 0 saturated carbocycles. The normalized spacial score (nSPS) is 13.9. The monoisotopic (exact) mass is 243 g/mol. The van der Waals surface area contributed by atoms with Crippen LogP contribution in [-0.4, -0.2) is 56.1 Å². The summed E-state index contributed by atoms with van der Waals surface area (Å²) in [5, 5.41) is 0. The summed E-state index contributed by atoms with van der Waals surface area (Å²) in [4.78, 5) is 4.85. The van der Waals surface area contributed by atoms with Gasteiger partial charge in [0.2, 0.25) is 0 Å². The SMILES string of the molecule is CCCN(CCN(C)C)C(CN)C(CC)CC. The molecule has 0 rings (SSSR count). The minimum atomic E-state index is 0.560. The molecule has 104 valence electrons. The zero-order chi connectivity index (χ0) is 13.3. The highest BCUT2D eigenvalue weighted by atomic mass is 15.2. The molecule has 0 fully saturated rings. The number of likely N-dealkylation sites (N-methyl/N-ethyl adjacent to an activating group) is 1. The van der Waals surface area contributed by atoms with E-state index in [0.29, 0.717) is 6.04 Å². The van der Waals surface area contributed by atoms with Crippen LogP contribution in [0.25, 0.3) is 0 Å². The molecule has 0 amide bonds. The van der Waals surface area contributed by atoms with Crippen LogP contribution in [0.1, 0.15) is 40.0 Å². The largest absolute Gasteiger partial charge is 0.329 e. The van der Waals surface area contributed by atoms with E-state index in [9.17, 15) is 0 Å². The molecule has 1 unspecified atom stereocenters. The van der Waals surface area contributed by atoms with E-state index in [2.05, 4.69) is 44.7 Å². The van der Waals surface area contributed by atoms with Gasteiger partial charge in [-0.2, -0.15) is 0 Å². The van der Waals surface area contributed by atoms with Gasteiger partial charge < -0.3 is 10.6 Å². The highest BCUT2D eigenvalue weighted by molar-refractivity contribution is 4.79. The molecule has 0 aromatic rings. The van der Waals surface area contributed by atoms with E-state index in [1.54, 1.807) is 0 Å². The molecule has 3 nitrogen and oxygen atoms in total. The third-order valence-electron chi connectivity index (χ3n) is 3.65. The number of hydrogen-bond donors (Lipinski definition) is 1. The summed E-state index contributed by atoms with van der Waals surface area (Å²) in [5.41, 5.74) is 6.01. The van der Waals surface area contributed by atoms with Crippen molar-refractivity contribution in [2.24, 2.45) is 11.7 Å². The van der Waals surface area contributed by atoms with Crippen molar-refractivity contribution < 1.29 is 0 Å². The van der Waals surface area contributed by atoms with Gasteiger partial charge in [0.05, 0.1) is 0 Å². The first-order chi connectivity index (χ1) is 8.10. The van der Waals surface area contributed by atoms with Gasteiger partial charge in [-0.1, -0.05) is 33.6 Å². The Kier molecular flexibility index (Phi) is 9.79. The van der Waals surface area contributed by atoms with Gasteiger partial charge in [0, 0.05) is 25.7 Å². The highest BCUT2D eigenvalue weighted by Crippen LogP contribution is 2.18. The molecular formula is C14H33N3. The minimum Gasteiger partial charge on any atom is -0.329 e. The number of nitrogens with two attached hydrogens (primary N) is 1. The Labute approximate surface area is 108 Å². The predicted molar refractivity (Wildman–Crippen MR) is 77.3 cm³/mol. The summed E-state index contributed by atoms with van der Waals surface area (Å²) >= 11 is 0. The molecule has 3 heteroatoms. The van der Waals surface area contributed by atoms with Crippen molar-refractivity contribution in [3.8, 4) is 0 Å². The van der Waals surface area contributed by atoms with Gasteiger partial charge in [0.15, 0.2) is 0 Å². The Morgan fingerprint density at radius 1 is 0.941 bits per heavy atom. The predicted octanol–water partition coefficient (Wildman–Crippen LogP) is 2.02. The molecule has 1 atom stereocenters. The Morgan fingerprint density at radius 3 is 1.88 bits per heavy atom. The van der Waals surface area contributed by atoms with Crippen LogP contribution in [0.5, 0.6) is 0 Å². The summed E-state index contributed by atoms with van der Waals surface area (Å²) < 4.78 is 0. The lowest BCUT2D eigenvalue weighted by atomic mass is 9.92. The first-order valence-corrected chi connectivity index (χ1v) is 7.19. The van der Waals surface area contributed by atoms with Crippen molar-refractivity contribution in [3.63, 3.8) is 0 Å². The zero-order valence-electron chi connectivity index (χ0n) is 12.6. The summed E-state index contributed by atoms with van der Waals surface area (Å²) in [7, 11) is 4.28. The van der Waals surface area contributed by atoms with Crippen LogP contribution >= 0.6 is 0 Å². The topological polar surface area (TPSA) is 32.5 Å². The summed E-state index contributed by atoms with van der Waals surface area (Å²) in [6.45, 7) is 11.0. The third-order valence-corrected chi connectivity index (χ3v) is 3.65. The van der Waals surface area contributed by atoms with Gasteiger partial charge in [-0.25, -0.2) is 0 Å². The summed E-state index contributed by atoms with van der Waals surface area (Å²) in [6, 6.07) is 0.560. The molecule has 0 aromatic heterocycles. The standard InChI is InChI=1S/C14H33N3/c1-6-9-17(11-10-16(4)5)14(12-15)13(7-2)8-3/h13-14H,6-12,15H2,1-5H3. The molecule has 0 spiro atoms. The second-order valence-electron chi connectivity index (χ2n) is 5.22. The fourth-order valence-electron chi connectivity index (χ4n) is 2.53. The molecule has 0 saturated heterocycles. The highest BCUT2D eigenvalue weighted by Gasteiger charge is 2.23. The van der Waals surface area contributed by atoms with E-state index < -0.39 is 0 Å². The van der Waals surface area contributed by atoms with Crippen molar-refractivity contribution in [1.82, 2.24) is 9.80 Å². The van der Waals surface area contributed by atoms with Crippen LogP contribution < -0.4 is 5.73 Å². The van der Waals surface area contributed by atoms with Crippen LogP contribution in [0.15, 0.2) is 0 Å². The lowest BCUT2D eigenvalue weighted by molar-refractivity contribution is 0.129. The first-order valence-electron chi connectivity index (χ1n) is 7.19. The molecule has 0 bridgehead atoms. The third kappa shape index (κ3) is 6.39. The lowest BCUT2D eigenvalue weighted by Crippen LogP contribution is -2.48. The van der Waals surface area contributed by atoms with Crippen molar-refractivity contribution in [2.75, 3.05) is 40.3 Å². The van der Waals surface area contributed by atoms with Crippen molar-refractivity contribution >= 4 is 0 Å².